The lowest BCUT2D eigenvalue weighted by atomic mass is 9.87. The lowest BCUT2D eigenvalue weighted by Crippen LogP contribution is -2.38. The van der Waals surface area contributed by atoms with Gasteiger partial charge in [0.15, 0.2) is 0 Å². The van der Waals surface area contributed by atoms with Gasteiger partial charge in [-0.3, -0.25) is 0 Å². The maximum Gasteiger partial charge on any atom is 0.0868 e. The van der Waals surface area contributed by atoms with Crippen LogP contribution >= 0.6 is 0 Å². The summed E-state index contributed by atoms with van der Waals surface area (Å²) in [6.07, 6.45) is 5.33. The molecule has 0 spiro atoms. The molecule has 0 bridgehead atoms. The molecule has 1 aromatic rings. The molecule has 1 unspecified atom stereocenters. The first-order valence-electron chi connectivity index (χ1n) is 7.64. The van der Waals surface area contributed by atoms with E-state index in [2.05, 4.69) is 45.1 Å². The minimum absolute atomic E-state index is 0.183. The summed E-state index contributed by atoms with van der Waals surface area (Å²) in [6.45, 7) is 9.78. The second-order valence-electron chi connectivity index (χ2n) is 6.13. The fourth-order valence-corrected chi connectivity index (χ4v) is 2.89. The SMILES string of the molecule is C/C=C/C1CC(C)=C(COCc2ccccc2)C(C)(C)O1. The van der Waals surface area contributed by atoms with Gasteiger partial charge in [-0.15, -0.1) is 0 Å². The molecule has 0 fully saturated rings. The highest BCUT2D eigenvalue weighted by Gasteiger charge is 2.33. The Hall–Kier alpha value is -1.38. The molecular formula is C19H26O2. The van der Waals surface area contributed by atoms with Crippen molar-refractivity contribution in [1.29, 1.82) is 0 Å². The lowest BCUT2D eigenvalue weighted by molar-refractivity contribution is -0.0473. The number of allylic oxidation sites excluding steroid dienone is 1. The Morgan fingerprint density at radius 2 is 1.95 bits per heavy atom. The average Bonchev–Trinajstić information content (AvgIpc) is 2.43. The van der Waals surface area contributed by atoms with Crippen LogP contribution in [0.25, 0.3) is 0 Å². The van der Waals surface area contributed by atoms with Crippen molar-refractivity contribution in [3.8, 4) is 0 Å². The highest BCUT2D eigenvalue weighted by molar-refractivity contribution is 5.26. The van der Waals surface area contributed by atoms with Crippen molar-refractivity contribution in [2.75, 3.05) is 6.61 Å². The van der Waals surface area contributed by atoms with Crippen LogP contribution in [0.4, 0.5) is 0 Å². The van der Waals surface area contributed by atoms with Crippen LogP contribution in [-0.4, -0.2) is 18.3 Å². The van der Waals surface area contributed by atoms with Crippen LogP contribution in [-0.2, 0) is 16.1 Å². The molecule has 1 atom stereocenters. The number of hydrogen-bond donors (Lipinski definition) is 0. The molecule has 1 aliphatic rings. The van der Waals surface area contributed by atoms with E-state index in [0.717, 1.165) is 6.42 Å². The molecule has 0 saturated carbocycles. The molecule has 0 saturated heterocycles. The van der Waals surface area contributed by atoms with Crippen molar-refractivity contribution in [1.82, 2.24) is 0 Å². The Bertz CT molecular complexity index is 512. The van der Waals surface area contributed by atoms with Gasteiger partial charge in [0.1, 0.15) is 0 Å². The molecule has 21 heavy (non-hydrogen) atoms. The van der Waals surface area contributed by atoms with Gasteiger partial charge in [0.25, 0.3) is 0 Å². The van der Waals surface area contributed by atoms with E-state index in [4.69, 9.17) is 9.47 Å². The van der Waals surface area contributed by atoms with Gasteiger partial charge in [0.2, 0.25) is 0 Å². The molecular weight excluding hydrogens is 260 g/mol. The monoisotopic (exact) mass is 286 g/mol. The molecule has 1 aromatic carbocycles. The third-order valence-electron chi connectivity index (χ3n) is 3.96. The van der Waals surface area contributed by atoms with Crippen LogP contribution in [0.2, 0.25) is 0 Å². The maximum absolute atomic E-state index is 6.18. The summed E-state index contributed by atoms with van der Waals surface area (Å²) in [4.78, 5) is 0. The minimum Gasteiger partial charge on any atom is -0.372 e. The van der Waals surface area contributed by atoms with Gasteiger partial charge in [-0.25, -0.2) is 0 Å². The van der Waals surface area contributed by atoms with Gasteiger partial charge in [0, 0.05) is 0 Å². The summed E-state index contributed by atoms with van der Waals surface area (Å²) in [5.41, 5.74) is 3.61. The maximum atomic E-state index is 6.18. The van der Waals surface area contributed by atoms with E-state index < -0.39 is 0 Å². The molecule has 1 aliphatic heterocycles. The smallest absolute Gasteiger partial charge is 0.0868 e. The van der Waals surface area contributed by atoms with E-state index in [1.165, 1.54) is 16.7 Å². The van der Waals surface area contributed by atoms with E-state index in [9.17, 15) is 0 Å². The lowest BCUT2D eigenvalue weighted by Gasteiger charge is -2.38. The Morgan fingerprint density at radius 3 is 2.57 bits per heavy atom. The van der Waals surface area contributed by atoms with Crippen LogP contribution in [0, 0.1) is 0 Å². The van der Waals surface area contributed by atoms with Crippen molar-refractivity contribution in [3.05, 3.63) is 59.2 Å². The molecule has 114 valence electrons. The molecule has 0 amide bonds. The summed E-state index contributed by atoms with van der Waals surface area (Å²) < 4.78 is 12.1. The van der Waals surface area contributed by atoms with Gasteiger partial charge in [0.05, 0.1) is 24.9 Å². The second kappa shape index (κ2) is 7.06. The van der Waals surface area contributed by atoms with Crippen LogP contribution in [0.5, 0.6) is 0 Å². The van der Waals surface area contributed by atoms with Crippen LogP contribution in [0.15, 0.2) is 53.6 Å². The molecule has 2 heteroatoms. The number of ether oxygens (including phenoxy) is 2. The number of hydrogen-bond acceptors (Lipinski definition) is 2. The van der Waals surface area contributed by atoms with Crippen LogP contribution < -0.4 is 0 Å². The quantitative estimate of drug-likeness (QED) is 0.733. The zero-order valence-electron chi connectivity index (χ0n) is 13.6. The highest BCUT2D eigenvalue weighted by Crippen LogP contribution is 2.34. The summed E-state index contributed by atoms with van der Waals surface area (Å²) in [6, 6.07) is 10.3. The first-order valence-corrected chi connectivity index (χ1v) is 7.64. The Labute approximate surface area is 128 Å². The second-order valence-corrected chi connectivity index (χ2v) is 6.13. The average molecular weight is 286 g/mol. The van der Waals surface area contributed by atoms with Crippen molar-refractivity contribution in [2.45, 2.75) is 52.4 Å². The molecule has 2 nitrogen and oxygen atoms in total. The highest BCUT2D eigenvalue weighted by atomic mass is 16.5. The normalized spacial score (nSPS) is 22.0. The first-order chi connectivity index (χ1) is 10.0. The summed E-state index contributed by atoms with van der Waals surface area (Å²) in [5, 5.41) is 0. The minimum atomic E-state index is -0.261. The summed E-state index contributed by atoms with van der Waals surface area (Å²) in [7, 11) is 0. The first kappa shape index (κ1) is 16.0. The zero-order valence-corrected chi connectivity index (χ0v) is 13.6. The van der Waals surface area contributed by atoms with Gasteiger partial charge in [-0.1, -0.05) is 48.1 Å². The van der Waals surface area contributed by atoms with Gasteiger partial charge in [-0.2, -0.15) is 0 Å². The van der Waals surface area contributed by atoms with E-state index in [0.29, 0.717) is 13.2 Å². The zero-order chi connectivity index (χ0) is 15.3. The van der Waals surface area contributed by atoms with E-state index in [-0.39, 0.29) is 11.7 Å². The fraction of sp³-hybridized carbons (Fsp3) is 0.474. The number of benzene rings is 1. The van der Waals surface area contributed by atoms with Crippen molar-refractivity contribution < 1.29 is 9.47 Å². The van der Waals surface area contributed by atoms with Crippen molar-refractivity contribution >= 4 is 0 Å². The molecule has 0 radical (unpaired) electrons. The fourth-order valence-electron chi connectivity index (χ4n) is 2.89. The Balaban J connectivity index is 1.99. The largest absolute Gasteiger partial charge is 0.372 e. The third-order valence-corrected chi connectivity index (χ3v) is 3.96. The Kier molecular flexibility index (Phi) is 5.38. The van der Waals surface area contributed by atoms with E-state index in [1.807, 2.05) is 25.1 Å². The van der Waals surface area contributed by atoms with Gasteiger partial charge < -0.3 is 9.47 Å². The van der Waals surface area contributed by atoms with E-state index in [1.54, 1.807) is 0 Å². The van der Waals surface area contributed by atoms with E-state index >= 15 is 0 Å². The number of rotatable bonds is 5. The Morgan fingerprint density at radius 1 is 1.24 bits per heavy atom. The molecule has 0 aliphatic carbocycles. The van der Waals surface area contributed by atoms with Gasteiger partial charge >= 0.3 is 0 Å². The summed E-state index contributed by atoms with van der Waals surface area (Å²) in [5.74, 6) is 0. The van der Waals surface area contributed by atoms with Gasteiger partial charge in [-0.05, 0) is 45.3 Å². The summed E-state index contributed by atoms with van der Waals surface area (Å²) >= 11 is 0. The standard InChI is InChI=1S/C19H26O2/c1-5-9-17-12-15(2)18(19(3,4)21-17)14-20-13-16-10-7-6-8-11-16/h5-11,17H,12-14H2,1-4H3/b9-5+. The third kappa shape index (κ3) is 4.29. The topological polar surface area (TPSA) is 18.5 Å². The van der Waals surface area contributed by atoms with Crippen LogP contribution in [0.3, 0.4) is 0 Å². The molecule has 0 N–H and O–H groups in total. The van der Waals surface area contributed by atoms with Crippen LogP contribution in [0.1, 0.15) is 39.7 Å². The molecule has 0 aromatic heterocycles. The van der Waals surface area contributed by atoms with Crippen molar-refractivity contribution in [3.63, 3.8) is 0 Å². The molecule has 2 rings (SSSR count). The predicted octanol–water partition coefficient (Wildman–Crippen LogP) is 4.66. The predicted molar refractivity (Wildman–Crippen MR) is 87.2 cm³/mol. The van der Waals surface area contributed by atoms with Crippen molar-refractivity contribution in [2.24, 2.45) is 0 Å². The molecule has 1 heterocycles.